The van der Waals surface area contributed by atoms with Crippen molar-refractivity contribution in [2.75, 3.05) is 14.2 Å². The SMILES string of the molecule is COc1cccc(C2(OC)OOC2(C(C)C)C(C)C)c1. The molecule has 0 spiro atoms. The van der Waals surface area contributed by atoms with Crippen molar-refractivity contribution in [2.45, 2.75) is 39.1 Å². The minimum atomic E-state index is -0.899. The second-order valence-electron chi connectivity index (χ2n) is 5.82. The summed E-state index contributed by atoms with van der Waals surface area (Å²) >= 11 is 0. The molecule has 1 aromatic carbocycles. The Balaban J connectivity index is 2.53. The van der Waals surface area contributed by atoms with Crippen LogP contribution in [-0.2, 0) is 20.3 Å². The predicted octanol–water partition coefficient (Wildman–Crippen LogP) is 3.51. The van der Waals surface area contributed by atoms with Gasteiger partial charge in [0.05, 0.1) is 7.11 Å². The van der Waals surface area contributed by atoms with Gasteiger partial charge in [0, 0.05) is 12.7 Å². The second kappa shape index (κ2) is 5.35. The van der Waals surface area contributed by atoms with Crippen molar-refractivity contribution in [1.29, 1.82) is 0 Å². The van der Waals surface area contributed by atoms with Gasteiger partial charge in [-0.3, -0.25) is 0 Å². The highest BCUT2D eigenvalue weighted by Gasteiger charge is 2.69. The molecule has 1 aliphatic rings. The molecule has 0 aliphatic carbocycles. The third-order valence-corrected chi connectivity index (χ3v) is 4.26. The van der Waals surface area contributed by atoms with Gasteiger partial charge in [0.1, 0.15) is 5.75 Å². The summed E-state index contributed by atoms with van der Waals surface area (Å²) in [6.45, 7) is 8.49. The van der Waals surface area contributed by atoms with Crippen LogP contribution in [0.15, 0.2) is 24.3 Å². The van der Waals surface area contributed by atoms with E-state index in [1.54, 1.807) is 14.2 Å². The third-order valence-electron chi connectivity index (χ3n) is 4.26. The quantitative estimate of drug-likeness (QED) is 0.773. The minimum Gasteiger partial charge on any atom is -0.497 e. The number of hydrogen-bond donors (Lipinski definition) is 0. The molecule has 0 bridgehead atoms. The zero-order valence-electron chi connectivity index (χ0n) is 13.1. The van der Waals surface area contributed by atoms with E-state index in [9.17, 15) is 0 Å². The average Bonchev–Trinajstić information content (AvgIpc) is 2.38. The fraction of sp³-hybridized carbons (Fsp3) is 0.625. The van der Waals surface area contributed by atoms with E-state index in [1.807, 2.05) is 24.3 Å². The summed E-state index contributed by atoms with van der Waals surface area (Å²) < 4.78 is 11.1. The summed E-state index contributed by atoms with van der Waals surface area (Å²) in [6, 6.07) is 7.75. The molecule has 112 valence electrons. The molecule has 1 aromatic rings. The highest BCUT2D eigenvalue weighted by atomic mass is 17.3. The Kier molecular flexibility index (Phi) is 4.09. The van der Waals surface area contributed by atoms with Crippen LogP contribution in [0.5, 0.6) is 5.75 Å². The number of benzene rings is 1. The first-order chi connectivity index (χ1) is 9.44. The molecule has 0 N–H and O–H groups in total. The van der Waals surface area contributed by atoms with Crippen molar-refractivity contribution in [3.05, 3.63) is 29.8 Å². The first-order valence-corrected chi connectivity index (χ1v) is 7.01. The molecule has 4 heteroatoms. The van der Waals surface area contributed by atoms with Gasteiger partial charge in [0.25, 0.3) is 5.79 Å². The molecular weight excluding hydrogens is 256 g/mol. The lowest BCUT2D eigenvalue weighted by molar-refractivity contribution is -0.634. The van der Waals surface area contributed by atoms with Crippen LogP contribution in [0.1, 0.15) is 33.3 Å². The Morgan fingerprint density at radius 1 is 1.00 bits per heavy atom. The highest BCUT2D eigenvalue weighted by molar-refractivity contribution is 5.34. The van der Waals surface area contributed by atoms with Gasteiger partial charge in [0.15, 0.2) is 5.60 Å². The van der Waals surface area contributed by atoms with E-state index in [-0.39, 0.29) is 11.8 Å². The molecule has 4 nitrogen and oxygen atoms in total. The number of hydrogen-bond acceptors (Lipinski definition) is 4. The van der Waals surface area contributed by atoms with E-state index >= 15 is 0 Å². The summed E-state index contributed by atoms with van der Waals surface area (Å²) in [5, 5.41) is 0. The monoisotopic (exact) mass is 280 g/mol. The maximum Gasteiger partial charge on any atom is 0.260 e. The van der Waals surface area contributed by atoms with Gasteiger partial charge < -0.3 is 9.47 Å². The lowest BCUT2D eigenvalue weighted by Crippen LogP contribution is -2.70. The largest absolute Gasteiger partial charge is 0.497 e. The Morgan fingerprint density at radius 3 is 2.05 bits per heavy atom. The molecule has 2 rings (SSSR count). The van der Waals surface area contributed by atoms with E-state index in [2.05, 4.69) is 27.7 Å². The molecule has 20 heavy (non-hydrogen) atoms. The first kappa shape index (κ1) is 15.3. The van der Waals surface area contributed by atoms with Gasteiger partial charge in [-0.2, -0.15) is 4.89 Å². The van der Waals surface area contributed by atoms with E-state index in [4.69, 9.17) is 19.2 Å². The Morgan fingerprint density at radius 2 is 1.65 bits per heavy atom. The van der Waals surface area contributed by atoms with Gasteiger partial charge in [-0.05, 0) is 24.0 Å². The maximum atomic E-state index is 5.80. The molecule has 1 heterocycles. The maximum absolute atomic E-state index is 5.80. The highest BCUT2D eigenvalue weighted by Crippen LogP contribution is 2.56. The Hall–Kier alpha value is -1.10. The molecule has 1 saturated heterocycles. The van der Waals surface area contributed by atoms with Crippen molar-refractivity contribution in [2.24, 2.45) is 11.8 Å². The van der Waals surface area contributed by atoms with Crippen molar-refractivity contribution in [3.63, 3.8) is 0 Å². The van der Waals surface area contributed by atoms with Gasteiger partial charge in [-0.1, -0.05) is 39.8 Å². The summed E-state index contributed by atoms with van der Waals surface area (Å²) in [5.41, 5.74) is 0.390. The van der Waals surface area contributed by atoms with Crippen molar-refractivity contribution in [3.8, 4) is 5.75 Å². The standard InChI is InChI=1S/C16H24O4/c1-11(2)15(12(3)4)16(18-6,20-19-15)13-8-7-9-14(10-13)17-5/h7-12H,1-6H3. The smallest absolute Gasteiger partial charge is 0.260 e. The second-order valence-corrected chi connectivity index (χ2v) is 5.82. The van der Waals surface area contributed by atoms with Gasteiger partial charge in [-0.25, -0.2) is 4.89 Å². The van der Waals surface area contributed by atoms with Crippen LogP contribution < -0.4 is 4.74 Å². The Bertz CT molecular complexity index is 457. The molecule has 1 atom stereocenters. The van der Waals surface area contributed by atoms with E-state index < -0.39 is 11.4 Å². The number of methoxy groups -OCH3 is 2. The van der Waals surface area contributed by atoms with Crippen LogP contribution in [0.2, 0.25) is 0 Å². The van der Waals surface area contributed by atoms with Crippen LogP contribution in [0, 0.1) is 11.8 Å². The topological polar surface area (TPSA) is 36.9 Å². The lowest BCUT2D eigenvalue weighted by atomic mass is 9.70. The van der Waals surface area contributed by atoms with Crippen LogP contribution >= 0.6 is 0 Å². The van der Waals surface area contributed by atoms with Gasteiger partial charge in [0.2, 0.25) is 0 Å². The van der Waals surface area contributed by atoms with E-state index in [0.717, 1.165) is 11.3 Å². The number of rotatable bonds is 5. The summed E-state index contributed by atoms with van der Waals surface area (Å²) in [5.74, 6) is 0.352. The lowest BCUT2D eigenvalue weighted by Gasteiger charge is -2.59. The molecule has 0 amide bonds. The van der Waals surface area contributed by atoms with Crippen molar-refractivity contribution in [1.82, 2.24) is 0 Å². The first-order valence-electron chi connectivity index (χ1n) is 7.01. The molecule has 1 unspecified atom stereocenters. The molecule has 0 saturated carbocycles. The van der Waals surface area contributed by atoms with Crippen molar-refractivity contribution < 1.29 is 19.2 Å². The van der Waals surface area contributed by atoms with Crippen molar-refractivity contribution >= 4 is 0 Å². The van der Waals surface area contributed by atoms with Crippen LogP contribution in [0.25, 0.3) is 0 Å². The molecule has 0 radical (unpaired) electrons. The summed E-state index contributed by atoms with van der Waals surface area (Å²) in [4.78, 5) is 11.1. The molecule has 1 fully saturated rings. The zero-order valence-corrected chi connectivity index (χ0v) is 13.1. The van der Waals surface area contributed by atoms with E-state index in [0.29, 0.717) is 0 Å². The zero-order chi connectivity index (χ0) is 15.0. The van der Waals surface area contributed by atoms with E-state index in [1.165, 1.54) is 0 Å². The Labute approximate surface area is 120 Å². The summed E-state index contributed by atoms with van der Waals surface area (Å²) in [6.07, 6.45) is 0. The van der Waals surface area contributed by atoms with Crippen LogP contribution in [0.4, 0.5) is 0 Å². The third kappa shape index (κ3) is 1.86. The van der Waals surface area contributed by atoms with Crippen LogP contribution in [0.3, 0.4) is 0 Å². The minimum absolute atomic E-state index is 0.238. The van der Waals surface area contributed by atoms with Gasteiger partial charge >= 0.3 is 0 Å². The number of ether oxygens (including phenoxy) is 2. The molecular formula is C16H24O4. The fourth-order valence-electron chi connectivity index (χ4n) is 3.25. The fourth-order valence-corrected chi connectivity index (χ4v) is 3.25. The average molecular weight is 280 g/mol. The summed E-state index contributed by atoms with van der Waals surface area (Å²) in [7, 11) is 3.30. The van der Waals surface area contributed by atoms with Gasteiger partial charge in [-0.15, -0.1) is 0 Å². The predicted molar refractivity (Wildman–Crippen MR) is 76.3 cm³/mol. The van der Waals surface area contributed by atoms with Crippen LogP contribution in [-0.4, -0.2) is 19.8 Å². The molecule has 0 aromatic heterocycles. The normalized spacial score (nSPS) is 24.8. The molecule has 1 aliphatic heterocycles.